The Labute approximate surface area is 188 Å². The van der Waals surface area contributed by atoms with E-state index in [0.717, 1.165) is 22.9 Å². The quantitative estimate of drug-likeness (QED) is 0.395. The zero-order valence-electron chi connectivity index (χ0n) is 17.0. The zero-order valence-corrected chi connectivity index (χ0v) is 17.8. The molecular weight excluding hydrogens is 426 g/mol. The number of carbonyl (C=O) groups is 1. The highest BCUT2D eigenvalue weighted by atomic mass is 35.5. The van der Waals surface area contributed by atoms with Crippen LogP contribution in [0.25, 0.3) is 22.2 Å². The highest BCUT2D eigenvalue weighted by molar-refractivity contribution is 6.22. The van der Waals surface area contributed by atoms with Crippen LogP contribution < -0.4 is 10.9 Å². The third kappa shape index (κ3) is 4.15. The molecule has 7 nitrogen and oxygen atoms in total. The van der Waals surface area contributed by atoms with Gasteiger partial charge in [0.25, 0.3) is 11.5 Å². The Bertz CT molecular complexity index is 1390. The third-order valence-electron chi connectivity index (χ3n) is 5.31. The van der Waals surface area contributed by atoms with Crippen molar-refractivity contribution in [3.05, 3.63) is 94.7 Å². The summed E-state index contributed by atoms with van der Waals surface area (Å²) >= 11 is 6.17. The van der Waals surface area contributed by atoms with E-state index in [4.69, 9.17) is 11.6 Å². The molecule has 5 rings (SSSR count). The van der Waals surface area contributed by atoms with Crippen molar-refractivity contribution in [2.24, 2.45) is 0 Å². The smallest absolute Gasteiger partial charge is 0.258 e. The van der Waals surface area contributed by atoms with Crippen molar-refractivity contribution in [1.29, 1.82) is 0 Å². The number of carbonyl (C=O) groups excluding carboxylic acids is 1. The molecule has 3 aromatic heterocycles. The topological polar surface area (TPSA) is 95.6 Å². The third-order valence-corrected chi connectivity index (χ3v) is 5.61. The number of nitrogens with one attached hydrogen (secondary N) is 3. The maximum Gasteiger partial charge on any atom is 0.258 e. The highest BCUT2D eigenvalue weighted by Crippen LogP contribution is 2.23. The minimum atomic E-state index is -0.311. The Morgan fingerprint density at radius 1 is 1.28 bits per heavy atom. The number of rotatable bonds is 5. The van der Waals surface area contributed by atoms with Gasteiger partial charge in [-0.1, -0.05) is 36.4 Å². The number of anilines is 1. The molecule has 1 amide bonds. The second kappa shape index (κ2) is 8.36. The summed E-state index contributed by atoms with van der Waals surface area (Å²) < 4.78 is 1.70. The first-order valence-electron chi connectivity index (χ1n) is 10.2. The lowest BCUT2D eigenvalue weighted by atomic mass is 10.1. The van der Waals surface area contributed by atoms with E-state index in [1.807, 2.05) is 48.6 Å². The molecule has 0 saturated heterocycles. The summed E-state index contributed by atoms with van der Waals surface area (Å²) in [6.07, 6.45) is 11.6. The molecule has 1 aromatic carbocycles. The number of halogens is 1. The van der Waals surface area contributed by atoms with Gasteiger partial charge in [0.05, 0.1) is 40.6 Å². The van der Waals surface area contributed by atoms with Crippen LogP contribution in [0.5, 0.6) is 0 Å². The molecule has 3 heterocycles. The van der Waals surface area contributed by atoms with Gasteiger partial charge < -0.3 is 15.3 Å². The maximum atomic E-state index is 12.7. The predicted molar refractivity (Wildman–Crippen MR) is 126 cm³/mol. The molecule has 3 N–H and O–H groups in total. The van der Waals surface area contributed by atoms with Crippen LogP contribution in [0.2, 0.25) is 0 Å². The number of amides is 1. The number of hydrogen-bond donors (Lipinski definition) is 3. The van der Waals surface area contributed by atoms with Crippen molar-refractivity contribution in [2.45, 2.75) is 18.3 Å². The van der Waals surface area contributed by atoms with Gasteiger partial charge in [-0.3, -0.25) is 14.3 Å². The number of hydrogen-bond acceptors (Lipinski definition) is 3. The first kappa shape index (κ1) is 20.1. The molecule has 0 radical (unpaired) electrons. The molecule has 0 saturated carbocycles. The van der Waals surface area contributed by atoms with Crippen LogP contribution >= 0.6 is 11.6 Å². The van der Waals surface area contributed by atoms with Crippen LogP contribution in [0.3, 0.4) is 0 Å². The van der Waals surface area contributed by atoms with Crippen molar-refractivity contribution in [3.8, 4) is 11.3 Å². The number of aromatic nitrogens is 4. The van der Waals surface area contributed by atoms with Gasteiger partial charge in [-0.15, -0.1) is 11.6 Å². The normalized spacial score (nSPS) is 15.7. The standard InChI is InChI=1S/C24H20ClN5O2/c25-18-6-3-4-15(8-18)13-30-14-17(11-27-30)23(31)28-19-10-20(24(32)26-12-19)22-9-16-5-1-2-7-21(16)29-22/h1-5,7-12,14,18,29H,6,13H2,(H,26,32)(H,28,31). The lowest BCUT2D eigenvalue weighted by molar-refractivity contribution is 0.102. The van der Waals surface area contributed by atoms with Crippen molar-refractivity contribution in [1.82, 2.24) is 19.7 Å². The lowest BCUT2D eigenvalue weighted by Crippen LogP contribution is -2.15. The fraction of sp³-hybridized carbons (Fsp3) is 0.125. The summed E-state index contributed by atoms with van der Waals surface area (Å²) in [4.78, 5) is 31.1. The summed E-state index contributed by atoms with van der Waals surface area (Å²) in [7, 11) is 0. The van der Waals surface area contributed by atoms with Gasteiger partial charge in [0.1, 0.15) is 0 Å². The number of H-pyrrole nitrogens is 2. The average molecular weight is 446 g/mol. The Morgan fingerprint density at radius 2 is 2.16 bits per heavy atom. The molecule has 0 aliphatic heterocycles. The fourth-order valence-corrected chi connectivity index (χ4v) is 4.01. The van der Waals surface area contributed by atoms with Crippen molar-refractivity contribution >= 4 is 34.1 Å². The summed E-state index contributed by atoms with van der Waals surface area (Å²) in [5, 5.41) is 8.10. The van der Waals surface area contributed by atoms with E-state index in [0.29, 0.717) is 29.1 Å². The Kier molecular flexibility index (Phi) is 5.25. The largest absolute Gasteiger partial charge is 0.354 e. The highest BCUT2D eigenvalue weighted by Gasteiger charge is 2.13. The maximum absolute atomic E-state index is 12.7. The molecular formula is C24H20ClN5O2. The van der Waals surface area contributed by atoms with E-state index < -0.39 is 0 Å². The number of nitrogens with zero attached hydrogens (tertiary/aromatic N) is 2. The Balaban J connectivity index is 1.34. The van der Waals surface area contributed by atoms with Crippen LogP contribution in [-0.4, -0.2) is 31.0 Å². The second-order valence-electron chi connectivity index (χ2n) is 7.68. The monoisotopic (exact) mass is 445 g/mol. The van der Waals surface area contributed by atoms with Crippen molar-refractivity contribution in [2.75, 3.05) is 5.32 Å². The Morgan fingerprint density at radius 3 is 3.00 bits per heavy atom. The Hall–Kier alpha value is -3.84. The van der Waals surface area contributed by atoms with Crippen LogP contribution in [0.4, 0.5) is 5.69 Å². The van der Waals surface area contributed by atoms with Gasteiger partial charge >= 0.3 is 0 Å². The van der Waals surface area contributed by atoms with Gasteiger partial charge in [0.2, 0.25) is 0 Å². The van der Waals surface area contributed by atoms with Crippen molar-refractivity contribution < 1.29 is 4.79 Å². The van der Waals surface area contributed by atoms with Crippen LogP contribution in [0.1, 0.15) is 16.8 Å². The molecule has 4 aromatic rings. The minimum absolute atomic E-state index is 0.0139. The lowest BCUT2D eigenvalue weighted by Gasteiger charge is -2.10. The number of fused-ring (bicyclic) bond motifs is 1. The first-order valence-corrected chi connectivity index (χ1v) is 10.6. The average Bonchev–Trinajstić information content (AvgIpc) is 3.42. The molecule has 1 unspecified atom stereocenters. The molecule has 1 atom stereocenters. The van der Waals surface area contributed by atoms with Crippen LogP contribution in [0.15, 0.2) is 83.6 Å². The minimum Gasteiger partial charge on any atom is -0.354 e. The first-order chi connectivity index (χ1) is 15.5. The van der Waals surface area contributed by atoms with E-state index >= 15 is 0 Å². The van der Waals surface area contributed by atoms with E-state index in [1.165, 1.54) is 12.4 Å². The van der Waals surface area contributed by atoms with E-state index in [-0.39, 0.29) is 16.8 Å². The molecule has 0 bridgehead atoms. The van der Waals surface area contributed by atoms with E-state index in [9.17, 15) is 9.59 Å². The molecule has 8 heteroatoms. The fourth-order valence-electron chi connectivity index (χ4n) is 3.74. The number of allylic oxidation sites excluding steroid dienone is 4. The molecule has 1 aliphatic carbocycles. The van der Waals surface area contributed by atoms with Crippen molar-refractivity contribution in [3.63, 3.8) is 0 Å². The van der Waals surface area contributed by atoms with E-state index in [1.54, 1.807) is 16.9 Å². The van der Waals surface area contributed by atoms with Gasteiger partial charge in [0.15, 0.2) is 0 Å². The summed E-state index contributed by atoms with van der Waals surface area (Å²) in [6, 6.07) is 11.4. The SMILES string of the molecule is O=C(Nc1c[nH]c(=O)c(-c2cc3ccccc3[nH]2)c1)c1cnn(CC2=CC(Cl)CC=C2)c1. The second-order valence-corrected chi connectivity index (χ2v) is 8.24. The molecule has 0 fully saturated rings. The predicted octanol–water partition coefficient (Wildman–Crippen LogP) is 4.47. The summed E-state index contributed by atoms with van der Waals surface area (Å²) in [6.45, 7) is 0.538. The summed E-state index contributed by atoms with van der Waals surface area (Å²) in [5.74, 6) is -0.311. The molecule has 160 valence electrons. The van der Waals surface area contributed by atoms with Gasteiger partial charge in [0, 0.05) is 23.3 Å². The number of pyridine rings is 1. The number of aromatic amines is 2. The van der Waals surface area contributed by atoms with Gasteiger partial charge in [-0.25, -0.2) is 0 Å². The number of benzene rings is 1. The summed E-state index contributed by atoms with van der Waals surface area (Å²) in [5.41, 5.74) is 3.78. The molecule has 32 heavy (non-hydrogen) atoms. The number of para-hydroxylation sites is 1. The van der Waals surface area contributed by atoms with Crippen LogP contribution in [0, 0.1) is 0 Å². The van der Waals surface area contributed by atoms with Crippen LogP contribution in [-0.2, 0) is 6.54 Å². The van der Waals surface area contributed by atoms with E-state index in [2.05, 4.69) is 20.4 Å². The molecule has 1 aliphatic rings. The van der Waals surface area contributed by atoms with Gasteiger partial charge in [-0.2, -0.15) is 5.10 Å². The van der Waals surface area contributed by atoms with Gasteiger partial charge in [-0.05, 0) is 30.2 Å². The molecule has 0 spiro atoms. The number of alkyl halides is 1. The zero-order chi connectivity index (χ0) is 22.1.